The van der Waals surface area contributed by atoms with Crippen LogP contribution in [0.15, 0.2) is 48.5 Å². The van der Waals surface area contributed by atoms with Crippen LogP contribution in [0.25, 0.3) is 6.08 Å². The Kier molecular flexibility index (Phi) is 6.01. The highest BCUT2D eigenvalue weighted by Crippen LogP contribution is 2.28. The summed E-state index contributed by atoms with van der Waals surface area (Å²) in [7, 11) is 3.17. The first-order valence-electron chi connectivity index (χ1n) is 7.85. The Hall–Kier alpha value is -2.75. The largest absolute Gasteiger partial charge is 0.493 e. The second-order valence-electron chi connectivity index (χ2n) is 5.68. The molecule has 0 spiro atoms. The Morgan fingerprint density at radius 2 is 1.75 bits per heavy atom. The summed E-state index contributed by atoms with van der Waals surface area (Å²) in [5.41, 5.74) is 2.82. The summed E-state index contributed by atoms with van der Waals surface area (Å²) < 4.78 is 10.5. The van der Waals surface area contributed by atoms with Gasteiger partial charge in [-0.3, -0.25) is 4.79 Å². The van der Waals surface area contributed by atoms with Gasteiger partial charge in [0.15, 0.2) is 11.5 Å². The van der Waals surface area contributed by atoms with Crippen LogP contribution in [-0.4, -0.2) is 20.1 Å². The number of carbonyl (C=O) groups is 1. The van der Waals surface area contributed by atoms with Gasteiger partial charge in [0.05, 0.1) is 14.2 Å². The van der Waals surface area contributed by atoms with E-state index in [1.807, 2.05) is 42.5 Å². The highest BCUT2D eigenvalue weighted by atomic mass is 16.5. The smallest absolute Gasteiger partial charge is 0.248 e. The molecule has 0 aromatic heterocycles. The molecule has 2 aromatic carbocycles. The molecule has 0 bridgehead atoms. The third-order valence-corrected chi connectivity index (χ3v) is 3.68. The van der Waals surface area contributed by atoms with Gasteiger partial charge < -0.3 is 14.8 Å². The van der Waals surface area contributed by atoms with E-state index in [1.165, 1.54) is 6.08 Å². The maximum absolute atomic E-state index is 12.2. The van der Waals surface area contributed by atoms with E-state index in [2.05, 4.69) is 19.2 Å². The van der Waals surface area contributed by atoms with E-state index in [-0.39, 0.29) is 5.91 Å². The number of anilines is 1. The number of amides is 1. The quantitative estimate of drug-likeness (QED) is 0.797. The van der Waals surface area contributed by atoms with Crippen molar-refractivity contribution in [3.63, 3.8) is 0 Å². The maximum Gasteiger partial charge on any atom is 0.248 e. The molecule has 0 aliphatic rings. The van der Waals surface area contributed by atoms with Gasteiger partial charge in [-0.25, -0.2) is 0 Å². The summed E-state index contributed by atoms with van der Waals surface area (Å²) in [6, 6.07) is 13.3. The van der Waals surface area contributed by atoms with Crippen molar-refractivity contribution in [3.05, 3.63) is 59.7 Å². The van der Waals surface area contributed by atoms with Gasteiger partial charge in [0.2, 0.25) is 5.91 Å². The normalized spacial score (nSPS) is 10.9. The van der Waals surface area contributed by atoms with Crippen molar-refractivity contribution in [2.45, 2.75) is 19.8 Å². The Balaban J connectivity index is 2.11. The van der Waals surface area contributed by atoms with Crippen molar-refractivity contribution in [2.24, 2.45) is 0 Å². The van der Waals surface area contributed by atoms with Crippen LogP contribution in [0, 0.1) is 0 Å². The van der Waals surface area contributed by atoms with Crippen molar-refractivity contribution in [2.75, 3.05) is 19.5 Å². The molecule has 2 aromatic rings. The van der Waals surface area contributed by atoms with E-state index in [9.17, 15) is 4.79 Å². The summed E-state index contributed by atoms with van der Waals surface area (Å²) in [6.07, 6.45) is 3.26. The molecule has 4 nitrogen and oxygen atoms in total. The third kappa shape index (κ3) is 4.38. The fraction of sp³-hybridized carbons (Fsp3) is 0.250. The minimum Gasteiger partial charge on any atom is -0.493 e. The zero-order valence-corrected chi connectivity index (χ0v) is 14.5. The van der Waals surface area contributed by atoms with Crippen LogP contribution in [0.4, 0.5) is 5.69 Å². The monoisotopic (exact) mass is 325 g/mol. The number of ether oxygens (including phenoxy) is 2. The first kappa shape index (κ1) is 17.6. The van der Waals surface area contributed by atoms with E-state index in [4.69, 9.17) is 9.47 Å². The first-order chi connectivity index (χ1) is 11.5. The molecule has 24 heavy (non-hydrogen) atoms. The van der Waals surface area contributed by atoms with E-state index >= 15 is 0 Å². The lowest BCUT2D eigenvalue weighted by molar-refractivity contribution is -0.111. The van der Waals surface area contributed by atoms with Gasteiger partial charge in [0, 0.05) is 11.8 Å². The molecule has 0 aliphatic carbocycles. The maximum atomic E-state index is 12.2. The van der Waals surface area contributed by atoms with Gasteiger partial charge in [-0.2, -0.15) is 0 Å². The predicted molar refractivity (Wildman–Crippen MR) is 97.7 cm³/mol. The Bertz CT molecular complexity index is 735. The average molecular weight is 325 g/mol. The second-order valence-corrected chi connectivity index (χ2v) is 5.68. The molecule has 1 N–H and O–H groups in total. The number of para-hydroxylation sites is 1. The number of benzene rings is 2. The van der Waals surface area contributed by atoms with Gasteiger partial charge in [-0.05, 0) is 41.3 Å². The molecule has 0 aliphatic heterocycles. The molecule has 1 amide bonds. The van der Waals surface area contributed by atoms with E-state index < -0.39 is 0 Å². The zero-order chi connectivity index (χ0) is 17.5. The summed E-state index contributed by atoms with van der Waals surface area (Å²) in [5.74, 6) is 1.46. The van der Waals surface area contributed by atoms with Crippen LogP contribution in [0.1, 0.15) is 30.9 Å². The molecule has 0 saturated heterocycles. The summed E-state index contributed by atoms with van der Waals surface area (Å²) in [4.78, 5) is 12.2. The highest BCUT2D eigenvalue weighted by Gasteiger charge is 2.07. The Morgan fingerprint density at radius 3 is 2.42 bits per heavy atom. The highest BCUT2D eigenvalue weighted by molar-refractivity contribution is 6.02. The molecule has 0 unspecified atom stereocenters. The number of methoxy groups -OCH3 is 2. The van der Waals surface area contributed by atoms with Crippen LogP contribution in [0.5, 0.6) is 11.5 Å². The molecule has 0 heterocycles. The number of nitrogens with one attached hydrogen (secondary N) is 1. The van der Waals surface area contributed by atoms with Crippen molar-refractivity contribution in [3.8, 4) is 11.5 Å². The summed E-state index contributed by atoms with van der Waals surface area (Å²) in [5, 5.41) is 2.93. The zero-order valence-electron chi connectivity index (χ0n) is 14.5. The lowest BCUT2D eigenvalue weighted by Crippen LogP contribution is -2.10. The third-order valence-electron chi connectivity index (χ3n) is 3.68. The molecular weight excluding hydrogens is 302 g/mol. The fourth-order valence-electron chi connectivity index (χ4n) is 2.42. The lowest BCUT2D eigenvalue weighted by Gasteiger charge is -2.12. The van der Waals surface area contributed by atoms with Gasteiger partial charge in [0.25, 0.3) is 0 Å². The Morgan fingerprint density at radius 1 is 1.04 bits per heavy atom. The SMILES string of the molecule is COc1ccc(C=CC(=O)Nc2ccccc2C(C)C)cc1OC. The summed E-state index contributed by atoms with van der Waals surface area (Å²) in [6.45, 7) is 4.20. The van der Waals surface area contributed by atoms with Crippen molar-refractivity contribution in [1.82, 2.24) is 0 Å². The van der Waals surface area contributed by atoms with Gasteiger partial charge in [-0.15, -0.1) is 0 Å². The van der Waals surface area contributed by atoms with E-state index in [0.717, 1.165) is 16.8 Å². The molecule has 0 saturated carbocycles. The van der Waals surface area contributed by atoms with Crippen molar-refractivity contribution in [1.29, 1.82) is 0 Å². The molecule has 4 heteroatoms. The van der Waals surface area contributed by atoms with Crippen LogP contribution in [0.3, 0.4) is 0 Å². The van der Waals surface area contributed by atoms with Gasteiger partial charge >= 0.3 is 0 Å². The molecule has 0 radical (unpaired) electrons. The number of hydrogen-bond donors (Lipinski definition) is 1. The van der Waals surface area contributed by atoms with E-state index in [1.54, 1.807) is 20.3 Å². The van der Waals surface area contributed by atoms with Crippen molar-refractivity contribution < 1.29 is 14.3 Å². The fourth-order valence-corrected chi connectivity index (χ4v) is 2.42. The molecule has 0 fully saturated rings. The standard InChI is InChI=1S/C20H23NO3/c1-14(2)16-7-5-6-8-17(16)21-20(22)12-10-15-9-11-18(23-3)19(13-15)24-4/h5-14H,1-4H3,(H,21,22). The number of hydrogen-bond acceptors (Lipinski definition) is 3. The summed E-state index contributed by atoms with van der Waals surface area (Å²) >= 11 is 0. The van der Waals surface area contributed by atoms with Crippen LogP contribution < -0.4 is 14.8 Å². The minimum absolute atomic E-state index is 0.169. The number of carbonyl (C=O) groups excluding carboxylic acids is 1. The first-order valence-corrected chi connectivity index (χ1v) is 7.85. The molecular formula is C20H23NO3. The van der Waals surface area contributed by atoms with Gasteiger partial charge in [0.1, 0.15) is 0 Å². The topological polar surface area (TPSA) is 47.6 Å². The Labute approximate surface area is 143 Å². The molecule has 126 valence electrons. The predicted octanol–water partition coefficient (Wildman–Crippen LogP) is 4.48. The van der Waals surface area contributed by atoms with Gasteiger partial charge in [-0.1, -0.05) is 38.1 Å². The van der Waals surface area contributed by atoms with Crippen LogP contribution >= 0.6 is 0 Å². The van der Waals surface area contributed by atoms with Crippen LogP contribution in [0.2, 0.25) is 0 Å². The van der Waals surface area contributed by atoms with Crippen LogP contribution in [-0.2, 0) is 4.79 Å². The lowest BCUT2D eigenvalue weighted by atomic mass is 10.0. The van der Waals surface area contributed by atoms with Crippen molar-refractivity contribution >= 4 is 17.7 Å². The molecule has 2 rings (SSSR count). The second kappa shape index (κ2) is 8.20. The molecule has 0 atom stereocenters. The van der Waals surface area contributed by atoms with E-state index in [0.29, 0.717) is 17.4 Å². The average Bonchev–Trinajstić information content (AvgIpc) is 2.59. The number of rotatable bonds is 6. The minimum atomic E-state index is -0.169.